The molecule has 0 saturated carbocycles. The van der Waals surface area contributed by atoms with Crippen LogP contribution < -0.4 is 4.74 Å². The molecule has 0 radical (unpaired) electrons. The second-order valence-corrected chi connectivity index (χ2v) is 4.37. The molecular weight excluding hydrogens is 199 g/mol. The minimum Gasteiger partial charge on any atom is -0.414 e. The lowest BCUT2D eigenvalue weighted by Gasteiger charge is -1.92. The number of halogens is 1. The second-order valence-electron chi connectivity index (χ2n) is 2.31. The fourth-order valence-electron chi connectivity index (χ4n) is 1.09. The number of fused-ring (bicyclic) bond motifs is 1. The molecule has 1 aromatic heterocycles. The monoisotopic (exact) mass is 204 g/mol. The quantitative estimate of drug-likeness (QED) is 0.690. The van der Waals surface area contributed by atoms with Gasteiger partial charge in [0.1, 0.15) is 0 Å². The Morgan fingerprint density at radius 3 is 3.00 bits per heavy atom. The second kappa shape index (κ2) is 3.06. The molecule has 2 heterocycles. The molecule has 2 rings (SSSR count). The van der Waals surface area contributed by atoms with Gasteiger partial charge in [-0.1, -0.05) is 11.3 Å². The number of hydrogen-bond acceptors (Lipinski definition) is 4. The van der Waals surface area contributed by atoms with Crippen LogP contribution in [0.5, 0.6) is 5.06 Å². The maximum atomic E-state index is 13.2. The molecule has 0 aliphatic carbocycles. The van der Waals surface area contributed by atoms with Gasteiger partial charge in [0.25, 0.3) is 6.47 Å². The van der Waals surface area contributed by atoms with Crippen molar-refractivity contribution in [3.8, 4) is 5.06 Å². The Hall–Kier alpha value is -0.550. The lowest BCUT2D eigenvalue weighted by molar-refractivity contribution is -0.120. The summed E-state index contributed by atoms with van der Waals surface area (Å²) in [5.41, 5.74) is 0.710. The van der Waals surface area contributed by atoms with Gasteiger partial charge in [0.05, 0.1) is 0 Å². The maximum absolute atomic E-state index is 13.2. The van der Waals surface area contributed by atoms with Crippen LogP contribution in [0.15, 0.2) is 0 Å². The van der Waals surface area contributed by atoms with E-state index in [9.17, 15) is 9.18 Å². The van der Waals surface area contributed by atoms with E-state index in [0.29, 0.717) is 11.3 Å². The Labute approximate surface area is 76.7 Å². The molecule has 2 nitrogen and oxygen atoms in total. The summed E-state index contributed by atoms with van der Waals surface area (Å²) >= 11 is 2.90. The summed E-state index contributed by atoms with van der Waals surface area (Å²) in [5, 5.41) is 0.107. The molecule has 0 amide bonds. The Morgan fingerprint density at radius 1 is 1.50 bits per heavy atom. The molecule has 0 atom stereocenters. The third-order valence-electron chi connectivity index (χ3n) is 1.63. The first-order valence-electron chi connectivity index (χ1n) is 3.31. The molecule has 0 unspecified atom stereocenters. The van der Waals surface area contributed by atoms with Crippen molar-refractivity contribution in [3.63, 3.8) is 0 Å². The summed E-state index contributed by atoms with van der Waals surface area (Å²) in [5.74, 6) is 1.17. The van der Waals surface area contributed by atoms with Crippen LogP contribution in [0.4, 0.5) is 4.39 Å². The first-order valence-corrected chi connectivity index (χ1v) is 5.28. The van der Waals surface area contributed by atoms with E-state index >= 15 is 0 Å². The van der Waals surface area contributed by atoms with Gasteiger partial charge in [0.2, 0.25) is 5.06 Å². The van der Waals surface area contributed by atoms with E-state index in [2.05, 4.69) is 4.74 Å². The summed E-state index contributed by atoms with van der Waals surface area (Å²) in [7, 11) is 0. The summed E-state index contributed by atoms with van der Waals surface area (Å²) < 4.78 is 17.7. The molecule has 1 aliphatic rings. The molecule has 0 spiro atoms. The normalized spacial score (nSPS) is 14.4. The van der Waals surface area contributed by atoms with Gasteiger partial charge in [0.15, 0.2) is 5.82 Å². The molecular formula is C7H5FO2S2. The van der Waals surface area contributed by atoms with E-state index in [4.69, 9.17) is 0 Å². The fourth-order valence-corrected chi connectivity index (χ4v) is 3.44. The summed E-state index contributed by atoms with van der Waals surface area (Å²) in [6.45, 7) is 0.261. The highest BCUT2D eigenvalue weighted by Gasteiger charge is 2.23. The first-order chi connectivity index (χ1) is 5.83. The number of ether oxygens (including phenoxy) is 1. The van der Waals surface area contributed by atoms with E-state index in [1.54, 1.807) is 11.8 Å². The Bertz CT molecular complexity index is 321. The van der Waals surface area contributed by atoms with Gasteiger partial charge in [-0.05, 0) is 0 Å². The molecule has 64 valence electrons. The van der Waals surface area contributed by atoms with Crippen molar-refractivity contribution in [1.29, 1.82) is 0 Å². The number of rotatable bonds is 2. The van der Waals surface area contributed by atoms with E-state index in [1.165, 1.54) is 11.3 Å². The van der Waals surface area contributed by atoms with Crippen molar-refractivity contribution < 1.29 is 13.9 Å². The fraction of sp³-hybridized carbons (Fsp3) is 0.286. The highest BCUT2D eigenvalue weighted by atomic mass is 32.2. The van der Waals surface area contributed by atoms with E-state index in [-0.39, 0.29) is 17.4 Å². The molecule has 0 saturated heterocycles. The van der Waals surface area contributed by atoms with Gasteiger partial charge >= 0.3 is 0 Å². The van der Waals surface area contributed by atoms with Crippen LogP contribution in [0.1, 0.15) is 10.4 Å². The average molecular weight is 204 g/mol. The predicted molar refractivity (Wildman–Crippen MR) is 46.0 cm³/mol. The van der Waals surface area contributed by atoms with Crippen molar-refractivity contribution >= 4 is 29.6 Å². The molecule has 12 heavy (non-hydrogen) atoms. The zero-order valence-corrected chi connectivity index (χ0v) is 7.64. The summed E-state index contributed by atoms with van der Waals surface area (Å²) in [6, 6.07) is 0. The number of carbonyl (C=O) groups excluding carboxylic acids is 1. The van der Waals surface area contributed by atoms with Crippen LogP contribution in [0.3, 0.4) is 0 Å². The van der Waals surface area contributed by atoms with Gasteiger partial charge in [-0.3, -0.25) is 4.79 Å². The predicted octanol–water partition coefficient (Wildman–Crippen LogP) is 2.17. The van der Waals surface area contributed by atoms with Crippen molar-refractivity contribution in [2.24, 2.45) is 0 Å². The van der Waals surface area contributed by atoms with Gasteiger partial charge in [-0.15, -0.1) is 0 Å². The Morgan fingerprint density at radius 2 is 2.33 bits per heavy atom. The van der Waals surface area contributed by atoms with Crippen LogP contribution >= 0.6 is 23.1 Å². The van der Waals surface area contributed by atoms with E-state index < -0.39 is 0 Å². The van der Waals surface area contributed by atoms with Gasteiger partial charge in [-0.25, -0.2) is 4.39 Å². The molecule has 5 heteroatoms. The molecule has 1 aliphatic heterocycles. The standard InChI is InChI=1S/C7H5FO2S2/c8-6-4-1-11-2-5(4)12-7(6)10-3-9/h3H,1-2H2. The number of thioether (sulfide) groups is 1. The highest BCUT2D eigenvalue weighted by Crippen LogP contribution is 2.42. The van der Waals surface area contributed by atoms with Crippen LogP contribution in [0.25, 0.3) is 0 Å². The van der Waals surface area contributed by atoms with Crippen LogP contribution in [-0.2, 0) is 16.3 Å². The van der Waals surface area contributed by atoms with E-state index in [0.717, 1.165) is 10.6 Å². The third kappa shape index (κ3) is 1.13. The van der Waals surface area contributed by atoms with Crippen molar-refractivity contribution in [2.75, 3.05) is 0 Å². The number of carbonyl (C=O) groups is 1. The van der Waals surface area contributed by atoms with Gasteiger partial charge in [0, 0.05) is 21.9 Å². The van der Waals surface area contributed by atoms with Gasteiger partial charge in [-0.2, -0.15) is 11.8 Å². The lowest BCUT2D eigenvalue weighted by atomic mass is 10.3. The maximum Gasteiger partial charge on any atom is 0.299 e. The van der Waals surface area contributed by atoms with Crippen LogP contribution in [0, 0.1) is 5.82 Å². The average Bonchev–Trinajstić information content (AvgIpc) is 2.58. The SMILES string of the molecule is O=COc1sc2c(c1F)CSC2. The van der Waals surface area contributed by atoms with Crippen LogP contribution in [0.2, 0.25) is 0 Å². The number of hydrogen-bond donors (Lipinski definition) is 0. The van der Waals surface area contributed by atoms with Gasteiger partial charge < -0.3 is 4.74 Å². The third-order valence-corrected chi connectivity index (χ3v) is 3.90. The smallest absolute Gasteiger partial charge is 0.299 e. The van der Waals surface area contributed by atoms with Crippen molar-refractivity contribution in [3.05, 3.63) is 16.3 Å². The molecule has 0 fully saturated rings. The molecule has 1 aromatic rings. The number of thiophene rings is 1. The minimum absolute atomic E-state index is 0.107. The molecule has 0 bridgehead atoms. The topological polar surface area (TPSA) is 26.3 Å². The minimum atomic E-state index is -0.355. The van der Waals surface area contributed by atoms with Crippen LogP contribution in [-0.4, -0.2) is 6.47 Å². The summed E-state index contributed by atoms with van der Waals surface area (Å²) in [6.07, 6.45) is 0. The molecule has 0 aromatic carbocycles. The zero-order valence-electron chi connectivity index (χ0n) is 6.00. The Balaban J connectivity index is 2.40. The van der Waals surface area contributed by atoms with Crippen molar-refractivity contribution in [1.82, 2.24) is 0 Å². The van der Waals surface area contributed by atoms with E-state index in [1.807, 2.05) is 0 Å². The molecule has 0 N–H and O–H groups in total. The lowest BCUT2D eigenvalue weighted by Crippen LogP contribution is -1.88. The Kier molecular flexibility index (Phi) is 2.06. The van der Waals surface area contributed by atoms with Crippen molar-refractivity contribution in [2.45, 2.75) is 11.5 Å². The zero-order chi connectivity index (χ0) is 8.55. The highest BCUT2D eigenvalue weighted by molar-refractivity contribution is 7.98. The first kappa shape index (κ1) is 8.07. The summed E-state index contributed by atoms with van der Waals surface area (Å²) in [4.78, 5) is 11.0. The largest absolute Gasteiger partial charge is 0.414 e.